The minimum atomic E-state index is -0.834. The molecule has 1 unspecified atom stereocenters. The van der Waals surface area contributed by atoms with Gasteiger partial charge in [-0.15, -0.1) is 0 Å². The summed E-state index contributed by atoms with van der Waals surface area (Å²) in [7, 11) is 3.59. The molecule has 1 N–H and O–H groups in total. The number of rotatable bonds is 2. The Morgan fingerprint density at radius 2 is 2.09 bits per heavy atom. The number of nitrogens with zero attached hydrogens (tertiary/aromatic N) is 1. The standard InChI is InChI=1S/C6H11NO2S2/c1-4(5(8)9)11-6(10)7(2)3/h4H,1-3H3,(H,8,9). The van der Waals surface area contributed by atoms with E-state index < -0.39 is 11.2 Å². The Morgan fingerprint density at radius 3 is 2.36 bits per heavy atom. The Balaban J connectivity index is 3.85. The number of hydrogen-bond acceptors (Lipinski definition) is 3. The van der Waals surface area contributed by atoms with Crippen LogP contribution in [0.5, 0.6) is 0 Å². The predicted octanol–water partition coefficient (Wildman–Crippen LogP) is 1.04. The summed E-state index contributed by atoms with van der Waals surface area (Å²) in [6, 6.07) is 0. The lowest BCUT2D eigenvalue weighted by Gasteiger charge is -2.14. The molecule has 0 fully saturated rings. The molecule has 0 saturated heterocycles. The summed E-state index contributed by atoms with van der Waals surface area (Å²) in [6.45, 7) is 1.61. The number of hydrogen-bond donors (Lipinski definition) is 1. The van der Waals surface area contributed by atoms with Gasteiger partial charge in [0.15, 0.2) is 0 Å². The number of aliphatic carboxylic acids is 1. The molecule has 0 spiro atoms. The highest BCUT2D eigenvalue weighted by atomic mass is 32.2. The van der Waals surface area contributed by atoms with E-state index in [9.17, 15) is 4.79 Å². The second-order valence-corrected chi connectivity index (χ2v) is 4.23. The van der Waals surface area contributed by atoms with Gasteiger partial charge in [-0.3, -0.25) is 4.79 Å². The molecular weight excluding hydrogens is 182 g/mol. The lowest BCUT2D eigenvalue weighted by Crippen LogP contribution is -2.22. The number of carboxylic acids is 1. The van der Waals surface area contributed by atoms with Gasteiger partial charge >= 0.3 is 5.97 Å². The van der Waals surface area contributed by atoms with Crippen molar-refractivity contribution in [2.45, 2.75) is 12.2 Å². The van der Waals surface area contributed by atoms with E-state index in [4.69, 9.17) is 17.3 Å². The molecule has 1 atom stereocenters. The molecule has 0 saturated carbocycles. The average molecular weight is 193 g/mol. The zero-order valence-corrected chi connectivity index (χ0v) is 8.33. The third-order valence-electron chi connectivity index (χ3n) is 0.991. The molecule has 0 aromatic carbocycles. The Hall–Kier alpha value is -0.290. The van der Waals surface area contributed by atoms with Crippen LogP contribution < -0.4 is 0 Å². The summed E-state index contributed by atoms with van der Waals surface area (Å²) in [5, 5.41) is 8.05. The smallest absolute Gasteiger partial charge is 0.316 e. The van der Waals surface area contributed by atoms with E-state index in [0.717, 1.165) is 0 Å². The molecule has 0 rings (SSSR count). The molecule has 0 aliphatic carbocycles. The first-order valence-corrected chi connectivity index (χ1v) is 4.34. The summed E-state index contributed by atoms with van der Waals surface area (Å²) in [4.78, 5) is 12.1. The van der Waals surface area contributed by atoms with Gasteiger partial charge in [0.25, 0.3) is 0 Å². The van der Waals surface area contributed by atoms with Crippen molar-refractivity contribution in [3.8, 4) is 0 Å². The molecule has 0 aromatic rings. The van der Waals surface area contributed by atoms with Crippen LogP contribution in [-0.2, 0) is 4.79 Å². The van der Waals surface area contributed by atoms with Gasteiger partial charge < -0.3 is 10.0 Å². The van der Waals surface area contributed by atoms with Crippen molar-refractivity contribution >= 4 is 34.3 Å². The average Bonchev–Trinajstić information content (AvgIpc) is 1.87. The summed E-state index contributed by atoms with van der Waals surface area (Å²) in [6.07, 6.45) is 0. The topological polar surface area (TPSA) is 40.5 Å². The number of carbonyl (C=O) groups is 1. The molecule has 0 aliphatic rings. The van der Waals surface area contributed by atoms with Gasteiger partial charge in [-0.25, -0.2) is 0 Å². The molecule has 0 aromatic heterocycles. The second kappa shape index (κ2) is 4.56. The van der Waals surface area contributed by atoms with Crippen LogP contribution in [0, 0.1) is 0 Å². The van der Waals surface area contributed by atoms with E-state index in [1.165, 1.54) is 11.8 Å². The second-order valence-electron chi connectivity index (χ2n) is 2.26. The summed E-state index contributed by atoms with van der Waals surface area (Å²) in [5.41, 5.74) is 0. The lowest BCUT2D eigenvalue weighted by atomic mass is 10.5. The Labute approximate surface area is 75.8 Å². The van der Waals surface area contributed by atoms with Gasteiger partial charge in [-0.05, 0) is 6.92 Å². The van der Waals surface area contributed by atoms with Crippen molar-refractivity contribution in [2.24, 2.45) is 0 Å². The van der Waals surface area contributed by atoms with Gasteiger partial charge in [0, 0.05) is 14.1 Å². The van der Waals surface area contributed by atoms with Gasteiger partial charge in [-0.1, -0.05) is 24.0 Å². The van der Waals surface area contributed by atoms with E-state index in [-0.39, 0.29) is 0 Å². The molecule has 11 heavy (non-hydrogen) atoms. The predicted molar refractivity (Wildman–Crippen MR) is 51.0 cm³/mol. The molecule has 0 amide bonds. The molecule has 0 radical (unpaired) electrons. The first kappa shape index (κ1) is 10.7. The summed E-state index contributed by atoms with van der Waals surface area (Å²) >= 11 is 6.07. The van der Waals surface area contributed by atoms with Crippen LogP contribution in [0.3, 0.4) is 0 Å². The van der Waals surface area contributed by atoms with Crippen molar-refractivity contribution in [3.63, 3.8) is 0 Å². The van der Waals surface area contributed by atoms with Gasteiger partial charge in [0.2, 0.25) is 0 Å². The first-order chi connectivity index (χ1) is 4.95. The van der Waals surface area contributed by atoms with Crippen molar-refractivity contribution in [3.05, 3.63) is 0 Å². The third kappa shape index (κ3) is 4.21. The van der Waals surface area contributed by atoms with Crippen LogP contribution >= 0.6 is 24.0 Å². The van der Waals surface area contributed by atoms with Crippen molar-refractivity contribution < 1.29 is 9.90 Å². The highest BCUT2D eigenvalue weighted by Gasteiger charge is 2.14. The molecule has 0 aliphatic heterocycles. The molecule has 0 heterocycles. The minimum absolute atomic E-state index is 0.468. The maximum atomic E-state index is 10.4. The van der Waals surface area contributed by atoms with E-state index in [1.54, 1.807) is 25.9 Å². The zero-order valence-electron chi connectivity index (χ0n) is 6.70. The largest absolute Gasteiger partial charge is 0.480 e. The normalized spacial score (nSPS) is 12.3. The Kier molecular flexibility index (Phi) is 4.44. The first-order valence-electron chi connectivity index (χ1n) is 3.06. The van der Waals surface area contributed by atoms with Crippen LogP contribution in [0.25, 0.3) is 0 Å². The summed E-state index contributed by atoms with van der Waals surface area (Å²) < 4.78 is 0.597. The van der Waals surface area contributed by atoms with Crippen LogP contribution in [-0.4, -0.2) is 39.6 Å². The van der Waals surface area contributed by atoms with Crippen LogP contribution in [0.4, 0.5) is 0 Å². The maximum Gasteiger partial charge on any atom is 0.316 e. The highest BCUT2D eigenvalue weighted by Crippen LogP contribution is 2.13. The highest BCUT2D eigenvalue weighted by molar-refractivity contribution is 8.23. The molecular formula is C6H11NO2S2. The third-order valence-corrected chi connectivity index (χ3v) is 2.77. The molecule has 0 bridgehead atoms. The van der Waals surface area contributed by atoms with Crippen molar-refractivity contribution in [2.75, 3.05) is 14.1 Å². The number of carboxylic acid groups (broad SMARTS) is 1. The van der Waals surface area contributed by atoms with Gasteiger partial charge in [-0.2, -0.15) is 0 Å². The fourth-order valence-corrected chi connectivity index (χ4v) is 1.35. The fourth-order valence-electron chi connectivity index (χ4n) is 0.307. The van der Waals surface area contributed by atoms with Gasteiger partial charge in [0.05, 0.1) is 0 Å². The maximum absolute atomic E-state index is 10.4. The van der Waals surface area contributed by atoms with Crippen LogP contribution in [0.1, 0.15) is 6.92 Å². The monoisotopic (exact) mass is 193 g/mol. The Morgan fingerprint density at radius 1 is 1.64 bits per heavy atom. The quantitative estimate of drug-likeness (QED) is 0.664. The zero-order chi connectivity index (χ0) is 9.02. The minimum Gasteiger partial charge on any atom is -0.480 e. The molecule has 5 heteroatoms. The molecule has 64 valence electrons. The van der Waals surface area contributed by atoms with E-state index in [2.05, 4.69) is 0 Å². The van der Waals surface area contributed by atoms with E-state index >= 15 is 0 Å². The van der Waals surface area contributed by atoms with E-state index in [1.807, 2.05) is 0 Å². The Bertz CT molecular complexity index is 170. The lowest BCUT2D eigenvalue weighted by molar-refractivity contribution is -0.136. The van der Waals surface area contributed by atoms with E-state index in [0.29, 0.717) is 4.32 Å². The molecule has 3 nitrogen and oxygen atoms in total. The van der Waals surface area contributed by atoms with Crippen molar-refractivity contribution in [1.29, 1.82) is 0 Å². The number of thiocarbonyl (C=S) groups is 1. The summed E-state index contributed by atoms with van der Waals surface area (Å²) in [5.74, 6) is -0.834. The number of thioether (sulfide) groups is 1. The SMILES string of the molecule is CC(SC(=S)N(C)C)C(=O)O. The van der Waals surface area contributed by atoms with Gasteiger partial charge in [0.1, 0.15) is 9.57 Å². The van der Waals surface area contributed by atoms with Crippen LogP contribution in [0.15, 0.2) is 0 Å². The van der Waals surface area contributed by atoms with Crippen molar-refractivity contribution in [1.82, 2.24) is 4.90 Å². The fraction of sp³-hybridized carbons (Fsp3) is 0.667. The van der Waals surface area contributed by atoms with Crippen LogP contribution in [0.2, 0.25) is 0 Å².